The molecule has 0 atom stereocenters. The van der Waals surface area contributed by atoms with Gasteiger partial charge in [0, 0.05) is 36.1 Å². The molecule has 0 unspecified atom stereocenters. The van der Waals surface area contributed by atoms with Gasteiger partial charge in [-0.15, -0.1) is 0 Å². The predicted octanol–water partition coefficient (Wildman–Crippen LogP) is 4.36. The van der Waals surface area contributed by atoms with Gasteiger partial charge in [-0.25, -0.2) is 15.0 Å². The Hall–Kier alpha value is -4.21. The van der Waals surface area contributed by atoms with E-state index in [1.54, 1.807) is 29.1 Å². The maximum Gasteiger partial charge on any atom is 0.416 e. The number of rotatable bonds is 4. The highest BCUT2D eigenvalue weighted by atomic mass is 19.4. The first-order valence-electron chi connectivity index (χ1n) is 9.26. The van der Waals surface area contributed by atoms with Gasteiger partial charge in [0.05, 0.1) is 11.3 Å². The van der Waals surface area contributed by atoms with Gasteiger partial charge in [0.15, 0.2) is 0 Å². The van der Waals surface area contributed by atoms with E-state index in [4.69, 9.17) is 15.6 Å². The van der Waals surface area contributed by atoms with E-state index in [9.17, 15) is 13.2 Å². The van der Waals surface area contributed by atoms with Crippen molar-refractivity contribution in [2.75, 3.05) is 5.73 Å². The molecule has 4 aromatic rings. The lowest BCUT2D eigenvalue weighted by atomic mass is 10.1. The number of nitrogens with zero attached hydrogens (tertiary/aromatic N) is 4. The Morgan fingerprint density at radius 2 is 1.66 bits per heavy atom. The largest absolute Gasteiger partial charge is 0.483 e. The molecule has 0 saturated carbocycles. The first-order chi connectivity index (χ1) is 15.3. The SMILES string of the molecule is Nc1cc(-c2ccc(-c3nccn3Cc3ccccc3C(F)(F)F)cc2)ncn1.O=CO. The van der Waals surface area contributed by atoms with E-state index in [1.807, 2.05) is 24.3 Å². The van der Waals surface area contributed by atoms with Crippen LogP contribution in [0.15, 0.2) is 73.3 Å². The van der Waals surface area contributed by atoms with E-state index in [0.717, 1.165) is 17.2 Å². The minimum atomic E-state index is -4.40. The molecule has 0 aliphatic rings. The summed E-state index contributed by atoms with van der Waals surface area (Å²) in [5.74, 6) is 0.952. The van der Waals surface area contributed by atoms with Crippen LogP contribution in [0, 0.1) is 0 Å². The molecule has 32 heavy (non-hydrogen) atoms. The maximum absolute atomic E-state index is 13.3. The molecule has 0 aliphatic carbocycles. The number of alkyl halides is 3. The van der Waals surface area contributed by atoms with Gasteiger partial charge < -0.3 is 15.4 Å². The van der Waals surface area contributed by atoms with Crippen molar-refractivity contribution in [1.82, 2.24) is 19.5 Å². The number of carbonyl (C=O) groups is 1. The van der Waals surface area contributed by atoms with Crippen molar-refractivity contribution in [3.05, 3.63) is 84.4 Å². The number of anilines is 1. The molecule has 0 spiro atoms. The fourth-order valence-corrected chi connectivity index (χ4v) is 3.14. The van der Waals surface area contributed by atoms with Gasteiger partial charge in [0.25, 0.3) is 6.47 Å². The third-order valence-corrected chi connectivity index (χ3v) is 4.51. The van der Waals surface area contributed by atoms with E-state index in [1.165, 1.54) is 18.5 Å². The summed E-state index contributed by atoms with van der Waals surface area (Å²) in [6.45, 7) is -0.185. The minimum Gasteiger partial charge on any atom is -0.483 e. The van der Waals surface area contributed by atoms with Gasteiger partial charge in [-0.2, -0.15) is 13.2 Å². The maximum atomic E-state index is 13.3. The number of halogens is 3. The third-order valence-electron chi connectivity index (χ3n) is 4.51. The van der Waals surface area contributed by atoms with E-state index in [-0.39, 0.29) is 18.6 Å². The van der Waals surface area contributed by atoms with Crippen LogP contribution in [-0.4, -0.2) is 31.1 Å². The predicted molar refractivity (Wildman–Crippen MR) is 112 cm³/mol. The molecule has 0 aliphatic heterocycles. The molecule has 0 fully saturated rings. The molecule has 10 heteroatoms. The Morgan fingerprint density at radius 3 is 2.31 bits per heavy atom. The summed E-state index contributed by atoms with van der Waals surface area (Å²) in [5.41, 5.74) is 7.56. The number of carboxylic acid groups (broad SMARTS) is 1. The van der Waals surface area contributed by atoms with Crippen LogP contribution in [0.5, 0.6) is 0 Å². The van der Waals surface area contributed by atoms with Crippen LogP contribution in [0.25, 0.3) is 22.6 Å². The third kappa shape index (κ3) is 5.28. The van der Waals surface area contributed by atoms with Crippen molar-refractivity contribution in [3.63, 3.8) is 0 Å². The normalized spacial score (nSPS) is 10.8. The van der Waals surface area contributed by atoms with Gasteiger partial charge in [0.2, 0.25) is 0 Å². The molecule has 164 valence electrons. The average Bonchev–Trinajstić information content (AvgIpc) is 3.22. The fourth-order valence-electron chi connectivity index (χ4n) is 3.14. The summed E-state index contributed by atoms with van der Waals surface area (Å²) < 4.78 is 41.6. The van der Waals surface area contributed by atoms with Crippen molar-refractivity contribution in [2.45, 2.75) is 12.7 Å². The van der Waals surface area contributed by atoms with Gasteiger partial charge in [-0.3, -0.25) is 4.79 Å². The van der Waals surface area contributed by atoms with Crippen LogP contribution in [-0.2, 0) is 17.5 Å². The molecule has 4 rings (SSSR count). The van der Waals surface area contributed by atoms with Crippen molar-refractivity contribution in [3.8, 4) is 22.6 Å². The highest BCUT2D eigenvalue weighted by Gasteiger charge is 2.33. The number of nitrogens with two attached hydrogens (primary N) is 1. The lowest BCUT2D eigenvalue weighted by molar-refractivity contribution is -0.138. The van der Waals surface area contributed by atoms with E-state index in [0.29, 0.717) is 17.3 Å². The highest BCUT2D eigenvalue weighted by Crippen LogP contribution is 2.33. The van der Waals surface area contributed by atoms with Gasteiger partial charge in [-0.05, 0) is 11.6 Å². The molecule has 0 bridgehead atoms. The molecular weight excluding hydrogens is 423 g/mol. The zero-order valence-corrected chi connectivity index (χ0v) is 16.6. The molecule has 0 radical (unpaired) electrons. The second-order valence-corrected chi connectivity index (χ2v) is 6.54. The van der Waals surface area contributed by atoms with Gasteiger partial charge in [-0.1, -0.05) is 42.5 Å². The summed E-state index contributed by atoms with van der Waals surface area (Å²) in [4.78, 5) is 20.8. The first kappa shape index (κ1) is 22.5. The number of hydrogen-bond acceptors (Lipinski definition) is 5. The average molecular weight is 441 g/mol. The van der Waals surface area contributed by atoms with Gasteiger partial charge in [0.1, 0.15) is 18.0 Å². The first-order valence-corrected chi connectivity index (χ1v) is 9.26. The Labute approximate surface area is 181 Å². The molecule has 2 heterocycles. The highest BCUT2D eigenvalue weighted by molar-refractivity contribution is 5.66. The number of benzene rings is 2. The number of nitrogen functional groups attached to an aromatic ring is 1. The fraction of sp³-hybridized carbons (Fsp3) is 0.0909. The van der Waals surface area contributed by atoms with Crippen molar-refractivity contribution in [1.29, 1.82) is 0 Å². The van der Waals surface area contributed by atoms with Crippen molar-refractivity contribution < 1.29 is 23.1 Å². The molecule has 2 aromatic carbocycles. The number of aromatic nitrogens is 4. The van der Waals surface area contributed by atoms with Crippen LogP contribution in [0.3, 0.4) is 0 Å². The monoisotopic (exact) mass is 441 g/mol. The smallest absolute Gasteiger partial charge is 0.416 e. The van der Waals surface area contributed by atoms with Crippen LogP contribution in [0.4, 0.5) is 19.0 Å². The quantitative estimate of drug-likeness (QED) is 0.456. The topological polar surface area (TPSA) is 107 Å². The molecule has 3 N–H and O–H groups in total. The zero-order chi connectivity index (χ0) is 23.1. The summed E-state index contributed by atoms with van der Waals surface area (Å²) in [7, 11) is 0. The summed E-state index contributed by atoms with van der Waals surface area (Å²) in [6.07, 6.45) is 0.230. The molecule has 0 saturated heterocycles. The molecule has 7 nitrogen and oxygen atoms in total. The van der Waals surface area contributed by atoms with Gasteiger partial charge >= 0.3 is 6.18 Å². The van der Waals surface area contributed by atoms with Crippen LogP contribution < -0.4 is 5.73 Å². The standard InChI is InChI=1S/C21H16F3N5.CH2O2/c22-21(23,24)17-4-2-1-3-16(17)12-29-10-9-26-20(29)15-7-5-14(6-8-15)18-11-19(25)28-13-27-18;2-1-3/h1-11,13H,12H2,(H2,25,27,28);1H,(H,2,3). The van der Waals surface area contributed by atoms with Crippen LogP contribution in [0.1, 0.15) is 11.1 Å². The second kappa shape index (κ2) is 9.73. The number of imidazole rings is 1. The molecule has 0 amide bonds. The molecule has 2 aromatic heterocycles. The Balaban J connectivity index is 0.000000913. The number of hydrogen-bond donors (Lipinski definition) is 2. The van der Waals surface area contributed by atoms with Crippen molar-refractivity contribution >= 4 is 12.3 Å². The zero-order valence-electron chi connectivity index (χ0n) is 16.6. The van der Waals surface area contributed by atoms with Crippen molar-refractivity contribution in [2.24, 2.45) is 0 Å². The van der Waals surface area contributed by atoms with Crippen LogP contribution >= 0.6 is 0 Å². The second-order valence-electron chi connectivity index (χ2n) is 6.54. The Kier molecular flexibility index (Phi) is 6.83. The minimum absolute atomic E-state index is 0.0647. The summed E-state index contributed by atoms with van der Waals surface area (Å²) in [5, 5.41) is 6.89. The summed E-state index contributed by atoms with van der Waals surface area (Å²) >= 11 is 0. The lowest BCUT2D eigenvalue weighted by Crippen LogP contribution is -2.11. The van der Waals surface area contributed by atoms with E-state index < -0.39 is 11.7 Å². The molecular formula is C22H18F3N5O2. The van der Waals surface area contributed by atoms with Crippen LogP contribution in [0.2, 0.25) is 0 Å². The summed E-state index contributed by atoms with van der Waals surface area (Å²) in [6, 6.07) is 14.7. The lowest BCUT2D eigenvalue weighted by Gasteiger charge is -2.14. The Morgan fingerprint density at radius 1 is 1.00 bits per heavy atom. The van der Waals surface area contributed by atoms with E-state index >= 15 is 0 Å². The Bertz CT molecular complexity index is 1190. The van der Waals surface area contributed by atoms with E-state index in [2.05, 4.69) is 15.0 Å².